The number of aromatic nitrogens is 1. The Morgan fingerprint density at radius 2 is 1.95 bits per heavy atom. The predicted octanol–water partition coefficient (Wildman–Crippen LogP) is 2.12. The minimum atomic E-state index is -0.0253. The number of amides is 1. The second-order valence-electron chi connectivity index (χ2n) is 4.89. The maximum absolute atomic E-state index is 12.3. The van der Waals surface area contributed by atoms with Crippen molar-refractivity contribution in [3.05, 3.63) is 65.0 Å². The highest BCUT2D eigenvalue weighted by Gasteiger charge is 2.12. The van der Waals surface area contributed by atoms with Crippen LogP contribution in [-0.4, -0.2) is 22.8 Å². The van der Waals surface area contributed by atoms with Gasteiger partial charge in [0.25, 0.3) is 5.91 Å². The van der Waals surface area contributed by atoms with Crippen LogP contribution in [-0.2, 0) is 13.1 Å². The smallest absolute Gasteiger partial charge is 0.254 e. The second kappa shape index (κ2) is 6.30. The van der Waals surface area contributed by atoms with E-state index in [2.05, 4.69) is 4.98 Å². The van der Waals surface area contributed by atoms with Crippen LogP contribution < -0.4 is 5.73 Å². The van der Waals surface area contributed by atoms with E-state index in [1.807, 2.05) is 31.2 Å². The fraction of sp³-hybridized carbons (Fsp3) is 0.250. The summed E-state index contributed by atoms with van der Waals surface area (Å²) in [7, 11) is 1.80. The van der Waals surface area contributed by atoms with Crippen LogP contribution in [0.5, 0.6) is 0 Å². The molecule has 20 heavy (non-hydrogen) atoms. The van der Waals surface area contributed by atoms with Gasteiger partial charge in [-0.25, -0.2) is 0 Å². The maximum Gasteiger partial charge on any atom is 0.254 e. The molecule has 0 fully saturated rings. The quantitative estimate of drug-likeness (QED) is 0.925. The predicted molar refractivity (Wildman–Crippen MR) is 79.1 cm³/mol. The molecule has 0 bridgehead atoms. The lowest BCUT2D eigenvalue weighted by Gasteiger charge is -2.17. The van der Waals surface area contributed by atoms with Gasteiger partial charge in [0.1, 0.15) is 0 Å². The Morgan fingerprint density at radius 1 is 1.25 bits per heavy atom. The van der Waals surface area contributed by atoms with Crippen molar-refractivity contribution in [1.29, 1.82) is 0 Å². The van der Waals surface area contributed by atoms with Crippen molar-refractivity contribution in [3.63, 3.8) is 0 Å². The van der Waals surface area contributed by atoms with Crippen LogP contribution in [0.4, 0.5) is 0 Å². The van der Waals surface area contributed by atoms with E-state index < -0.39 is 0 Å². The molecule has 1 amide bonds. The fourth-order valence-electron chi connectivity index (χ4n) is 1.98. The fourth-order valence-corrected chi connectivity index (χ4v) is 1.98. The number of carbonyl (C=O) groups is 1. The Bertz CT molecular complexity index is 593. The summed E-state index contributed by atoms with van der Waals surface area (Å²) in [6.45, 7) is 2.96. The molecular formula is C16H19N3O. The van der Waals surface area contributed by atoms with Gasteiger partial charge in [-0.15, -0.1) is 0 Å². The van der Waals surface area contributed by atoms with E-state index in [1.54, 1.807) is 30.3 Å². The summed E-state index contributed by atoms with van der Waals surface area (Å²) in [5, 5.41) is 0. The lowest BCUT2D eigenvalue weighted by molar-refractivity contribution is 0.0785. The molecule has 0 saturated carbocycles. The molecule has 0 aliphatic carbocycles. The van der Waals surface area contributed by atoms with E-state index in [0.717, 1.165) is 11.3 Å². The summed E-state index contributed by atoms with van der Waals surface area (Å²) in [6.07, 6.45) is 1.62. The van der Waals surface area contributed by atoms with E-state index in [9.17, 15) is 4.79 Å². The van der Waals surface area contributed by atoms with Crippen LogP contribution in [0.3, 0.4) is 0 Å². The number of aryl methyl sites for hydroxylation is 1. The van der Waals surface area contributed by atoms with Crippen molar-refractivity contribution in [2.24, 2.45) is 5.73 Å². The van der Waals surface area contributed by atoms with Crippen molar-refractivity contribution in [2.45, 2.75) is 20.0 Å². The van der Waals surface area contributed by atoms with Gasteiger partial charge in [0, 0.05) is 31.9 Å². The number of nitrogens with zero attached hydrogens (tertiary/aromatic N) is 2. The van der Waals surface area contributed by atoms with Crippen molar-refractivity contribution in [3.8, 4) is 0 Å². The van der Waals surface area contributed by atoms with Gasteiger partial charge in [-0.3, -0.25) is 9.78 Å². The van der Waals surface area contributed by atoms with Gasteiger partial charge < -0.3 is 10.6 Å². The van der Waals surface area contributed by atoms with Crippen LogP contribution in [0.25, 0.3) is 0 Å². The summed E-state index contributed by atoms with van der Waals surface area (Å²) < 4.78 is 0. The number of nitrogens with two attached hydrogens (primary N) is 1. The molecule has 2 aromatic rings. The number of hydrogen-bond acceptors (Lipinski definition) is 3. The van der Waals surface area contributed by atoms with Gasteiger partial charge in [-0.1, -0.05) is 29.8 Å². The second-order valence-corrected chi connectivity index (χ2v) is 4.89. The molecule has 0 atom stereocenters. The number of pyridine rings is 1. The molecule has 0 aliphatic heterocycles. The average Bonchev–Trinajstić information content (AvgIpc) is 2.48. The molecule has 0 unspecified atom stereocenters. The molecule has 1 aromatic heterocycles. The van der Waals surface area contributed by atoms with Crippen LogP contribution in [0.2, 0.25) is 0 Å². The summed E-state index contributed by atoms with van der Waals surface area (Å²) >= 11 is 0. The van der Waals surface area contributed by atoms with Crippen LogP contribution in [0.15, 0.2) is 42.6 Å². The van der Waals surface area contributed by atoms with Crippen molar-refractivity contribution < 1.29 is 4.79 Å². The lowest BCUT2D eigenvalue weighted by Crippen LogP contribution is -2.26. The monoisotopic (exact) mass is 269 g/mol. The SMILES string of the molecule is Cc1ccc(CN(C)C(=O)c2ccnc(CN)c2)cc1. The Morgan fingerprint density at radius 3 is 2.60 bits per heavy atom. The molecule has 1 heterocycles. The van der Waals surface area contributed by atoms with Gasteiger partial charge >= 0.3 is 0 Å². The summed E-state index contributed by atoms with van der Waals surface area (Å²) in [6, 6.07) is 11.6. The molecule has 0 spiro atoms. The van der Waals surface area contributed by atoms with Crippen molar-refractivity contribution in [1.82, 2.24) is 9.88 Å². The highest BCUT2D eigenvalue weighted by molar-refractivity contribution is 5.94. The first-order valence-electron chi connectivity index (χ1n) is 6.56. The number of carbonyl (C=O) groups excluding carboxylic acids is 1. The van der Waals surface area contributed by atoms with E-state index in [4.69, 9.17) is 5.73 Å². The van der Waals surface area contributed by atoms with Crippen molar-refractivity contribution >= 4 is 5.91 Å². The van der Waals surface area contributed by atoms with Gasteiger partial charge in [0.2, 0.25) is 0 Å². The zero-order chi connectivity index (χ0) is 14.5. The van der Waals surface area contributed by atoms with E-state index in [0.29, 0.717) is 18.7 Å². The first kappa shape index (κ1) is 14.2. The molecule has 4 nitrogen and oxygen atoms in total. The molecule has 0 saturated heterocycles. The highest BCUT2D eigenvalue weighted by Crippen LogP contribution is 2.10. The minimum Gasteiger partial charge on any atom is -0.337 e. The number of hydrogen-bond donors (Lipinski definition) is 1. The average molecular weight is 269 g/mol. The molecule has 4 heteroatoms. The van der Waals surface area contributed by atoms with E-state index in [-0.39, 0.29) is 5.91 Å². The molecule has 0 radical (unpaired) electrons. The topological polar surface area (TPSA) is 59.2 Å². The maximum atomic E-state index is 12.3. The van der Waals surface area contributed by atoms with Gasteiger partial charge in [0.15, 0.2) is 0 Å². The molecular weight excluding hydrogens is 250 g/mol. The zero-order valence-corrected chi connectivity index (χ0v) is 11.8. The number of benzene rings is 1. The largest absolute Gasteiger partial charge is 0.337 e. The van der Waals surface area contributed by atoms with E-state index >= 15 is 0 Å². The van der Waals surface area contributed by atoms with E-state index in [1.165, 1.54) is 5.56 Å². The van der Waals surface area contributed by atoms with Gasteiger partial charge in [-0.05, 0) is 24.6 Å². The summed E-state index contributed by atoms with van der Waals surface area (Å²) in [4.78, 5) is 18.1. The van der Waals surface area contributed by atoms with Crippen LogP contribution >= 0.6 is 0 Å². The Labute approximate surface area is 119 Å². The van der Waals surface area contributed by atoms with Crippen LogP contribution in [0.1, 0.15) is 27.2 Å². The highest BCUT2D eigenvalue weighted by atomic mass is 16.2. The third kappa shape index (κ3) is 3.42. The molecule has 104 valence electrons. The van der Waals surface area contributed by atoms with Crippen LogP contribution in [0, 0.1) is 6.92 Å². The van der Waals surface area contributed by atoms with Crippen molar-refractivity contribution in [2.75, 3.05) is 7.05 Å². The molecule has 2 rings (SSSR count). The normalized spacial score (nSPS) is 10.3. The Balaban J connectivity index is 2.09. The van der Waals surface area contributed by atoms with Gasteiger partial charge in [-0.2, -0.15) is 0 Å². The molecule has 2 N–H and O–H groups in total. The third-order valence-electron chi connectivity index (χ3n) is 3.16. The lowest BCUT2D eigenvalue weighted by atomic mass is 10.1. The third-order valence-corrected chi connectivity index (χ3v) is 3.16. The Kier molecular flexibility index (Phi) is 4.48. The zero-order valence-electron chi connectivity index (χ0n) is 11.8. The Hall–Kier alpha value is -2.20. The van der Waals surface area contributed by atoms with Gasteiger partial charge in [0.05, 0.1) is 5.69 Å². The number of rotatable bonds is 4. The standard InChI is InChI=1S/C16H19N3O/c1-12-3-5-13(6-4-12)11-19(2)16(20)14-7-8-18-15(9-14)10-17/h3-9H,10-11,17H2,1-2H3. The first-order chi connectivity index (χ1) is 9.60. The summed E-state index contributed by atoms with van der Waals surface area (Å²) in [5.41, 5.74) is 9.21. The first-order valence-corrected chi connectivity index (χ1v) is 6.56. The molecule has 0 aliphatic rings. The minimum absolute atomic E-state index is 0.0253. The molecule has 1 aromatic carbocycles. The summed E-state index contributed by atoms with van der Waals surface area (Å²) in [5.74, 6) is -0.0253.